The molecule has 2 rings (SSSR count). The molecule has 0 saturated heterocycles. The van der Waals surface area contributed by atoms with E-state index in [1.807, 2.05) is 25.1 Å². The Hall–Kier alpha value is -2.03. The van der Waals surface area contributed by atoms with E-state index in [1.165, 1.54) is 30.0 Å². The van der Waals surface area contributed by atoms with Crippen LogP contribution in [-0.4, -0.2) is 12.2 Å². The summed E-state index contributed by atoms with van der Waals surface area (Å²) in [5, 5.41) is 5.40. The van der Waals surface area contributed by atoms with Gasteiger partial charge in [0.1, 0.15) is 6.10 Å². The van der Waals surface area contributed by atoms with Gasteiger partial charge in [0.15, 0.2) is 0 Å². The molecule has 148 valence electrons. The summed E-state index contributed by atoms with van der Waals surface area (Å²) in [6.07, 6.45) is 8.72. The van der Waals surface area contributed by atoms with Gasteiger partial charge in [0.2, 0.25) is 0 Å². The monoisotopic (exact) mass is 369 g/mol. The summed E-state index contributed by atoms with van der Waals surface area (Å²) >= 11 is 0. The van der Waals surface area contributed by atoms with Gasteiger partial charge in [0.25, 0.3) is 0 Å². The van der Waals surface area contributed by atoms with E-state index in [4.69, 9.17) is 4.74 Å². The highest BCUT2D eigenvalue weighted by Crippen LogP contribution is 2.24. The maximum absolute atomic E-state index is 12.5. The Labute approximate surface area is 164 Å². The van der Waals surface area contributed by atoms with Crippen LogP contribution >= 0.6 is 0 Å². The Morgan fingerprint density at radius 3 is 2.41 bits per heavy atom. The molecule has 3 nitrogen and oxygen atoms in total. The van der Waals surface area contributed by atoms with Crippen molar-refractivity contribution in [3.63, 3.8) is 0 Å². The van der Waals surface area contributed by atoms with Crippen LogP contribution in [0.1, 0.15) is 83.7 Å². The van der Waals surface area contributed by atoms with Crippen molar-refractivity contribution in [2.45, 2.75) is 84.3 Å². The number of rotatable bonds is 11. The second-order valence-corrected chi connectivity index (χ2v) is 7.45. The smallest absolute Gasteiger partial charge is 0.407 e. The highest BCUT2D eigenvalue weighted by atomic mass is 16.6. The SMILES string of the molecule is CCCCCCC(CCCC)OC(=O)NC(C)c1cccc2ccccc12. The second kappa shape index (κ2) is 11.6. The van der Waals surface area contributed by atoms with Crippen LogP contribution in [0.2, 0.25) is 0 Å². The number of amides is 1. The van der Waals surface area contributed by atoms with E-state index in [1.54, 1.807) is 0 Å². The molecule has 1 N–H and O–H groups in total. The Morgan fingerprint density at radius 2 is 1.63 bits per heavy atom. The van der Waals surface area contributed by atoms with E-state index in [0.717, 1.165) is 37.7 Å². The van der Waals surface area contributed by atoms with Crippen molar-refractivity contribution in [3.05, 3.63) is 48.0 Å². The molecule has 0 radical (unpaired) electrons. The maximum atomic E-state index is 12.5. The van der Waals surface area contributed by atoms with Crippen molar-refractivity contribution in [1.29, 1.82) is 0 Å². The zero-order chi connectivity index (χ0) is 19.5. The summed E-state index contributed by atoms with van der Waals surface area (Å²) in [6.45, 7) is 6.41. The molecular weight excluding hydrogens is 334 g/mol. The molecule has 2 aromatic carbocycles. The molecule has 0 aliphatic rings. The van der Waals surface area contributed by atoms with Gasteiger partial charge in [0, 0.05) is 0 Å². The number of alkyl carbamates (subject to hydrolysis) is 1. The first-order valence-corrected chi connectivity index (χ1v) is 10.6. The molecule has 0 spiro atoms. The molecule has 3 heteroatoms. The van der Waals surface area contributed by atoms with Gasteiger partial charge < -0.3 is 10.1 Å². The van der Waals surface area contributed by atoms with Gasteiger partial charge in [0.05, 0.1) is 6.04 Å². The van der Waals surface area contributed by atoms with E-state index in [9.17, 15) is 4.79 Å². The number of hydrogen-bond donors (Lipinski definition) is 1. The maximum Gasteiger partial charge on any atom is 0.407 e. The lowest BCUT2D eigenvalue weighted by molar-refractivity contribution is 0.0822. The van der Waals surface area contributed by atoms with Gasteiger partial charge in [-0.2, -0.15) is 0 Å². The van der Waals surface area contributed by atoms with Crippen molar-refractivity contribution in [2.24, 2.45) is 0 Å². The number of fused-ring (bicyclic) bond motifs is 1. The van der Waals surface area contributed by atoms with Crippen LogP contribution in [0.5, 0.6) is 0 Å². The number of ether oxygens (including phenoxy) is 1. The zero-order valence-electron chi connectivity index (χ0n) is 17.2. The fraction of sp³-hybridized carbons (Fsp3) is 0.542. The van der Waals surface area contributed by atoms with Crippen molar-refractivity contribution < 1.29 is 9.53 Å². The molecule has 0 aliphatic carbocycles. The van der Waals surface area contributed by atoms with Crippen LogP contribution in [0.25, 0.3) is 10.8 Å². The largest absolute Gasteiger partial charge is 0.446 e. The first-order chi connectivity index (χ1) is 13.2. The normalized spacial score (nSPS) is 13.3. The standard InChI is InChI=1S/C24H35NO2/c1-4-6-8-9-16-21(15-7-5-2)27-24(26)25-19(3)22-18-12-14-20-13-10-11-17-23(20)22/h10-14,17-19,21H,4-9,15-16H2,1-3H3,(H,25,26). The van der Waals surface area contributed by atoms with Gasteiger partial charge in [-0.1, -0.05) is 88.4 Å². The zero-order valence-corrected chi connectivity index (χ0v) is 17.2. The Morgan fingerprint density at radius 1 is 0.926 bits per heavy atom. The first-order valence-electron chi connectivity index (χ1n) is 10.6. The second-order valence-electron chi connectivity index (χ2n) is 7.45. The predicted molar refractivity (Wildman–Crippen MR) is 114 cm³/mol. The van der Waals surface area contributed by atoms with Gasteiger partial charge in [-0.3, -0.25) is 0 Å². The molecule has 0 aromatic heterocycles. The fourth-order valence-electron chi connectivity index (χ4n) is 3.56. The quantitative estimate of drug-likeness (QED) is 0.427. The molecule has 0 saturated carbocycles. The first kappa shape index (κ1) is 21.3. The summed E-state index contributed by atoms with van der Waals surface area (Å²) < 4.78 is 5.79. The molecule has 0 fully saturated rings. The summed E-state index contributed by atoms with van der Waals surface area (Å²) in [6, 6.07) is 14.4. The molecule has 0 heterocycles. The molecule has 2 unspecified atom stereocenters. The topological polar surface area (TPSA) is 38.3 Å². The Kier molecular flexibility index (Phi) is 9.17. The summed E-state index contributed by atoms with van der Waals surface area (Å²) in [5.74, 6) is 0. The number of carbonyl (C=O) groups excluding carboxylic acids is 1. The highest BCUT2D eigenvalue weighted by molar-refractivity contribution is 5.86. The number of unbranched alkanes of at least 4 members (excludes halogenated alkanes) is 4. The molecule has 0 bridgehead atoms. The van der Waals surface area contributed by atoms with Crippen LogP contribution in [0.15, 0.2) is 42.5 Å². The van der Waals surface area contributed by atoms with Crippen LogP contribution in [0.4, 0.5) is 4.79 Å². The lowest BCUT2D eigenvalue weighted by Gasteiger charge is -2.21. The third kappa shape index (κ3) is 6.89. The lowest BCUT2D eigenvalue weighted by atomic mass is 10.00. The van der Waals surface area contributed by atoms with Crippen LogP contribution in [0, 0.1) is 0 Å². The fourth-order valence-corrected chi connectivity index (χ4v) is 3.56. The van der Waals surface area contributed by atoms with Crippen molar-refractivity contribution >= 4 is 16.9 Å². The average molecular weight is 370 g/mol. The van der Waals surface area contributed by atoms with E-state index < -0.39 is 0 Å². The molecular formula is C24H35NO2. The summed E-state index contributed by atoms with van der Waals surface area (Å²) in [4.78, 5) is 12.5. The van der Waals surface area contributed by atoms with Crippen LogP contribution in [-0.2, 0) is 4.74 Å². The molecule has 1 amide bonds. The molecule has 2 atom stereocenters. The number of benzene rings is 2. The van der Waals surface area contributed by atoms with Crippen LogP contribution < -0.4 is 5.32 Å². The number of nitrogens with one attached hydrogen (secondary N) is 1. The number of hydrogen-bond acceptors (Lipinski definition) is 2. The minimum Gasteiger partial charge on any atom is -0.446 e. The van der Waals surface area contributed by atoms with Crippen LogP contribution in [0.3, 0.4) is 0 Å². The predicted octanol–water partition coefficient (Wildman–Crippen LogP) is 7.16. The van der Waals surface area contributed by atoms with Gasteiger partial charge in [-0.05, 0) is 42.5 Å². The van der Waals surface area contributed by atoms with E-state index in [0.29, 0.717) is 0 Å². The molecule has 27 heavy (non-hydrogen) atoms. The van der Waals surface area contributed by atoms with Gasteiger partial charge in [-0.15, -0.1) is 0 Å². The minimum absolute atomic E-state index is 0.0292. The van der Waals surface area contributed by atoms with Crippen molar-refractivity contribution in [3.8, 4) is 0 Å². The van der Waals surface area contributed by atoms with Gasteiger partial charge >= 0.3 is 6.09 Å². The summed E-state index contributed by atoms with van der Waals surface area (Å²) in [7, 11) is 0. The van der Waals surface area contributed by atoms with E-state index in [-0.39, 0.29) is 18.2 Å². The summed E-state index contributed by atoms with van der Waals surface area (Å²) in [5.41, 5.74) is 1.12. The van der Waals surface area contributed by atoms with Crippen molar-refractivity contribution in [2.75, 3.05) is 0 Å². The van der Waals surface area contributed by atoms with E-state index in [2.05, 4.69) is 43.4 Å². The lowest BCUT2D eigenvalue weighted by Crippen LogP contribution is -2.31. The minimum atomic E-state index is -0.299. The third-order valence-corrected chi connectivity index (χ3v) is 5.16. The highest BCUT2D eigenvalue weighted by Gasteiger charge is 2.17. The molecule has 2 aromatic rings. The van der Waals surface area contributed by atoms with Crippen molar-refractivity contribution in [1.82, 2.24) is 5.32 Å². The third-order valence-electron chi connectivity index (χ3n) is 5.16. The number of carbonyl (C=O) groups is 1. The Balaban J connectivity index is 1.94. The Bertz CT molecular complexity index is 692. The van der Waals surface area contributed by atoms with Gasteiger partial charge in [-0.25, -0.2) is 4.79 Å². The van der Waals surface area contributed by atoms with E-state index >= 15 is 0 Å². The molecule has 0 aliphatic heterocycles. The average Bonchev–Trinajstić information content (AvgIpc) is 2.68.